The molecule has 4 rings (SSSR count). The van der Waals surface area contributed by atoms with Crippen LogP contribution in [0.15, 0.2) is 18.5 Å². The Hall–Kier alpha value is -2.02. The zero-order valence-electron chi connectivity index (χ0n) is 14.6. The quantitative estimate of drug-likeness (QED) is 0.770. The van der Waals surface area contributed by atoms with E-state index in [2.05, 4.69) is 19.8 Å². The molecule has 3 heterocycles. The Morgan fingerprint density at radius 2 is 1.52 bits per heavy atom. The average Bonchev–Trinajstić information content (AvgIpc) is 3.07. The van der Waals surface area contributed by atoms with E-state index in [9.17, 15) is 9.59 Å². The smallest absolute Gasteiger partial charge is 0.230 e. The van der Waals surface area contributed by atoms with Crippen LogP contribution in [0.25, 0.3) is 0 Å². The van der Waals surface area contributed by atoms with Crippen LogP contribution in [0.3, 0.4) is 0 Å². The minimum atomic E-state index is -0.0198. The first-order valence-corrected chi connectivity index (χ1v) is 9.23. The first-order chi connectivity index (χ1) is 12.2. The second-order valence-electron chi connectivity index (χ2n) is 7.57. The van der Waals surface area contributed by atoms with Crippen molar-refractivity contribution >= 4 is 17.8 Å². The highest BCUT2D eigenvalue weighted by atomic mass is 16.2. The molecule has 0 bridgehead atoms. The van der Waals surface area contributed by atoms with Crippen LogP contribution in [0.4, 0.5) is 5.95 Å². The van der Waals surface area contributed by atoms with Crippen molar-refractivity contribution in [2.75, 3.05) is 37.7 Å². The molecule has 134 valence electrons. The molecule has 1 aliphatic carbocycles. The lowest BCUT2D eigenvalue weighted by Crippen LogP contribution is -2.55. The Balaban J connectivity index is 1.33. The maximum Gasteiger partial charge on any atom is 0.230 e. The predicted molar refractivity (Wildman–Crippen MR) is 92.7 cm³/mol. The highest BCUT2D eigenvalue weighted by Crippen LogP contribution is 2.46. The van der Waals surface area contributed by atoms with E-state index in [1.165, 1.54) is 4.90 Å². The van der Waals surface area contributed by atoms with Gasteiger partial charge in [0, 0.05) is 51.4 Å². The molecule has 2 saturated heterocycles. The van der Waals surface area contributed by atoms with Gasteiger partial charge in [0.05, 0.1) is 6.67 Å². The molecule has 25 heavy (non-hydrogen) atoms. The van der Waals surface area contributed by atoms with E-state index in [0.717, 1.165) is 57.8 Å². The van der Waals surface area contributed by atoms with Gasteiger partial charge < -0.3 is 4.90 Å². The summed E-state index contributed by atoms with van der Waals surface area (Å²) < 4.78 is 0. The second-order valence-corrected chi connectivity index (χ2v) is 7.57. The highest BCUT2D eigenvalue weighted by Gasteiger charge is 2.45. The molecule has 0 aromatic carbocycles. The molecule has 1 saturated carbocycles. The number of imide groups is 1. The third-order valence-electron chi connectivity index (χ3n) is 5.87. The van der Waals surface area contributed by atoms with Gasteiger partial charge in [-0.1, -0.05) is 12.8 Å². The molecule has 7 heteroatoms. The monoisotopic (exact) mass is 343 g/mol. The van der Waals surface area contributed by atoms with E-state index in [4.69, 9.17) is 0 Å². The van der Waals surface area contributed by atoms with Gasteiger partial charge in [0.2, 0.25) is 17.8 Å². The fraction of sp³-hybridized carbons (Fsp3) is 0.667. The lowest BCUT2D eigenvalue weighted by atomic mass is 9.76. The Morgan fingerprint density at radius 1 is 0.920 bits per heavy atom. The lowest BCUT2D eigenvalue weighted by molar-refractivity contribution is -0.156. The molecular weight excluding hydrogens is 318 g/mol. The number of piperazine rings is 1. The number of hydrogen-bond acceptors (Lipinski definition) is 6. The third kappa shape index (κ3) is 3.38. The second kappa shape index (κ2) is 6.71. The summed E-state index contributed by atoms with van der Waals surface area (Å²) in [5.41, 5.74) is -0.0198. The lowest BCUT2D eigenvalue weighted by Gasteiger charge is -2.41. The molecule has 2 aliphatic heterocycles. The number of carbonyl (C=O) groups excluding carboxylic acids is 2. The van der Waals surface area contributed by atoms with Gasteiger partial charge in [0.25, 0.3) is 0 Å². The van der Waals surface area contributed by atoms with Crippen LogP contribution in [-0.2, 0) is 9.59 Å². The topological polar surface area (TPSA) is 69.6 Å². The molecule has 0 unspecified atom stereocenters. The molecule has 0 radical (unpaired) electrons. The van der Waals surface area contributed by atoms with Crippen LogP contribution < -0.4 is 4.90 Å². The third-order valence-corrected chi connectivity index (χ3v) is 5.87. The summed E-state index contributed by atoms with van der Waals surface area (Å²) in [4.78, 5) is 39.5. The number of hydrogen-bond donors (Lipinski definition) is 0. The van der Waals surface area contributed by atoms with Crippen LogP contribution in [0.1, 0.15) is 38.5 Å². The van der Waals surface area contributed by atoms with Crippen LogP contribution in [0, 0.1) is 5.41 Å². The number of nitrogens with zero attached hydrogens (tertiary/aromatic N) is 5. The zero-order valence-corrected chi connectivity index (χ0v) is 14.6. The van der Waals surface area contributed by atoms with Gasteiger partial charge in [-0.25, -0.2) is 9.97 Å². The van der Waals surface area contributed by atoms with Gasteiger partial charge >= 0.3 is 0 Å². The standard InChI is InChI=1S/C18H25N5O2/c24-15-12-18(4-1-2-5-18)13-16(25)23(15)14-21-8-10-22(11-9-21)17-19-6-3-7-20-17/h3,6-7H,1-2,4-5,8-14H2. The molecule has 0 atom stereocenters. The van der Waals surface area contributed by atoms with E-state index >= 15 is 0 Å². The minimum absolute atomic E-state index is 0.0198. The summed E-state index contributed by atoms with van der Waals surface area (Å²) in [6.45, 7) is 3.66. The van der Waals surface area contributed by atoms with Crippen molar-refractivity contribution < 1.29 is 9.59 Å². The predicted octanol–water partition coefficient (Wildman–Crippen LogP) is 1.27. The Kier molecular flexibility index (Phi) is 4.41. The number of aromatic nitrogens is 2. The van der Waals surface area contributed by atoms with Crippen LogP contribution in [-0.4, -0.2) is 64.4 Å². The SMILES string of the molecule is O=C1CC2(CCCC2)CC(=O)N1CN1CCN(c2ncccn2)CC1. The van der Waals surface area contributed by atoms with Crippen LogP contribution >= 0.6 is 0 Å². The maximum absolute atomic E-state index is 12.6. The number of likely N-dealkylation sites (tertiary alicyclic amines) is 1. The fourth-order valence-corrected chi connectivity index (χ4v) is 4.41. The maximum atomic E-state index is 12.6. The molecule has 2 amide bonds. The van der Waals surface area contributed by atoms with Crippen molar-refractivity contribution in [1.82, 2.24) is 19.8 Å². The van der Waals surface area contributed by atoms with Crippen LogP contribution in [0.2, 0.25) is 0 Å². The normalized spacial score (nSPS) is 24.3. The zero-order chi connectivity index (χ0) is 17.3. The molecule has 1 aromatic rings. The first kappa shape index (κ1) is 16.4. The van der Waals surface area contributed by atoms with E-state index in [1.54, 1.807) is 12.4 Å². The minimum Gasteiger partial charge on any atom is -0.338 e. The molecule has 3 aliphatic rings. The molecule has 7 nitrogen and oxygen atoms in total. The number of rotatable bonds is 3. The molecule has 3 fully saturated rings. The van der Waals surface area contributed by atoms with Crippen LogP contribution in [0.5, 0.6) is 0 Å². The Morgan fingerprint density at radius 3 is 2.12 bits per heavy atom. The summed E-state index contributed by atoms with van der Waals surface area (Å²) in [5, 5.41) is 0. The summed E-state index contributed by atoms with van der Waals surface area (Å²) in [5.74, 6) is 0.786. The van der Waals surface area contributed by atoms with E-state index in [1.807, 2.05) is 6.07 Å². The Bertz CT molecular complexity index is 616. The highest BCUT2D eigenvalue weighted by molar-refractivity contribution is 5.98. The first-order valence-electron chi connectivity index (χ1n) is 9.23. The van der Waals surface area contributed by atoms with Crippen molar-refractivity contribution in [2.45, 2.75) is 38.5 Å². The van der Waals surface area contributed by atoms with Gasteiger partial charge in [0.1, 0.15) is 0 Å². The molecule has 0 N–H and O–H groups in total. The van der Waals surface area contributed by atoms with E-state index in [-0.39, 0.29) is 17.2 Å². The van der Waals surface area contributed by atoms with E-state index in [0.29, 0.717) is 19.5 Å². The van der Waals surface area contributed by atoms with Gasteiger partial charge in [0.15, 0.2) is 0 Å². The number of carbonyl (C=O) groups is 2. The summed E-state index contributed by atoms with van der Waals surface area (Å²) >= 11 is 0. The van der Waals surface area contributed by atoms with Gasteiger partial charge in [-0.3, -0.25) is 19.4 Å². The molecular formula is C18H25N5O2. The number of piperidine rings is 1. The van der Waals surface area contributed by atoms with Crippen molar-refractivity contribution in [3.8, 4) is 0 Å². The largest absolute Gasteiger partial charge is 0.338 e. The summed E-state index contributed by atoms with van der Waals surface area (Å²) in [6.07, 6.45) is 8.99. The van der Waals surface area contributed by atoms with E-state index < -0.39 is 0 Å². The number of anilines is 1. The average molecular weight is 343 g/mol. The summed E-state index contributed by atoms with van der Waals surface area (Å²) in [6, 6.07) is 1.81. The van der Waals surface area contributed by atoms with Crippen molar-refractivity contribution in [2.24, 2.45) is 5.41 Å². The van der Waals surface area contributed by atoms with Gasteiger partial charge in [-0.2, -0.15) is 0 Å². The van der Waals surface area contributed by atoms with Gasteiger partial charge in [-0.15, -0.1) is 0 Å². The van der Waals surface area contributed by atoms with Crippen molar-refractivity contribution in [1.29, 1.82) is 0 Å². The van der Waals surface area contributed by atoms with Gasteiger partial charge in [-0.05, 0) is 24.3 Å². The fourth-order valence-electron chi connectivity index (χ4n) is 4.41. The van der Waals surface area contributed by atoms with Crippen molar-refractivity contribution in [3.63, 3.8) is 0 Å². The Labute approximate surface area is 148 Å². The summed E-state index contributed by atoms with van der Waals surface area (Å²) in [7, 11) is 0. The molecule has 1 aromatic heterocycles. The molecule has 1 spiro atoms. The number of amides is 2. The van der Waals surface area contributed by atoms with Crippen molar-refractivity contribution in [3.05, 3.63) is 18.5 Å².